The zero-order valence-corrected chi connectivity index (χ0v) is 11.9. The summed E-state index contributed by atoms with van der Waals surface area (Å²) < 4.78 is 16.7. The van der Waals surface area contributed by atoms with Gasteiger partial charge in [0.2, 0.25) is 0 Å². The zero-order valence-electron chi connectivity index (χ0n) is 11.9. The van der Waals surface area contributed by atoms with Gasteiger partial charge < -0.3 is 19.9 Å². The van der Waals surface area contributed by atoms with Crippen LogP contribution in [0.5, 0.6) is 11.5 Å². The van der Waals surface area contributed by atoms with E-state index < -0.39 is 0 Å². The van der Waals surface area contributed by atoms with Crippen molar-refractivity contribution in [3.63, 3.8) is 0 Å². The van der Waals surface area contributed by atoms with Crippen molar-refractivity contribution in [1.29, 1.82) is 0 Å². The molecule has 2 N–H and O–H groups in total. The summed E-state index contributed by atoms with van der Waals surface area (Å²) in [5.74, 6) is 1.65. The van der Waals surface area contributed by atoms with Crippen LogP contribution in [-0.4, -0.2) is 51.0 Å². The Kier molecular flexibility index (Phi) is 4.10. The number of fused-ring (bicyclic) bond motifs is 1. The maximum Gasteiger partial charge on any atom is 0.161 e. The number of methoxy groups -OCH3 is 1. The van der Waals surface area contributed by atoms with E-state index in [0.29, 0.717) is 25.9 Å². The number of ether oxygens (including phenoxy) is 3. The van der Waals surface area contributed by atoms with E-state index in [1.807, 2.05) is 6.07 Å². The molecular weight excluding hydrogens is 256 g/mol. The van der Waals surface area contributed by atoms with Crippen LogP contribution in [0.25, 0.3) is 0 Å². The van der Waals surface area contributed by atoms with Gasteiger partial charge >= 0.3 is 0 Å². The van der Waals surface area contributed by atoms with Gasteiger partial charge in [-0.1, -0.05) is 6.07 Å². The molecule has 0 amide bonds. The summed E-state index contributed by atoms with van der Waals surface area (Å²) in [7, 11) is 1.77. The van der Waals surface area contributed by atoms with Gasteiger partial charge in [-0.3, -0.25) is 4.90 Å². The van der Waals surface area contributed by atoms with Gasteiger partial charge in [-0.15, -0.1) is 0 Å². The highest BCUT2D eigenvalue weighted by Crippen LogP contribution is 2.34. The summed E-state index contributed by atoms with van der Waals surface area (Å²) in [5.41, 5.74) is 7.18. The van der Waals surface area contributed by atoms with Crippen molar-refractivity contribution in [3.05, 3.63) is 23.8 Å². The second-order valence-electron chi connectivity index (χ2n) is 5.30. The monoisotopic (exact) mass is 278 g/mol. The van der Waals surface area contributed by atoms with E-state index in [1.165, 1.54) is 5.56 Å². The molecule has 1 aromatic rings. The van der Waals surface area contributed by atoms with Gasteiger partial charge in [0, 0.05) is 32.8 Å². The summed E-state index contributed by atoms with van der Waals surface area (Å²) in [5, 5.41) is 0. The lowest BCUT2D eigenvalue weighted by molar-refractivity contribution is 0.101. The minimum atomic E-state index is 0.214. The van der Waals surface area contributed by atoms with Crippen molar-refractivity contribution >= 4 is 0 Å². The van der Waals surface area contributed by atoms with Crippen LogP contribution in [0.1, 0.15) is 18.0 Å². The van der Waals surface area contributed by atoms with Gasteiger partial charge in [-0.05, 0) is 24.1 Å². The lowest BCUT2D eigenvalue weighted by atomic mass is 10.0. The van der Waals surface area contributed by atoms with Crippen molar-refractivity contribution in [3.8, 4) is 11.5 Å². The van der Waals surface area contributed by atoms with Crippen LogP contribution in [0.4, 0.5) is 0 Å². The Balaban J connectivity index is 1.79. The first-order chi connectivity index (χ1) is 9.81. The molecule has 2 aliphatic heterocycles. The second-order valence-corrected chi connectivity index (χ2v) is 5.30. The predicted molar refractivity (Wildman–Crippen MR) is 76.2 cm³/mol. The van der Waals surface area contributed by atoms with Crippen molar-refractivity contribution < 1.29 is 14.2 Å². The van der Waals surface area contributed by atoms with Crippen LogP contribution in [0.3, 0.4) is 0 Å². The van der Waals surface area contributed by atoms with Crippen LogP contribution >= 0.6 is 0 Å². The van der Waals surface area contributed by atoms with Crippen molar-refractivity contribution in [2.24, 2.45) is 5.73 Å². The number of benzene rings is 1. The average molecular weight is 278 g/mol. The average Bonchev–Trinajstić information content (AvgIpc) is 2.97. The fraction of sp³-hybridized carbons (Fsp3) is 0.600. The van der Waals surface area contributed by atoms with Crippen LogP contribution in [0.2, 0.25) is 0 Å². The Morgan fingerprint density at radius 1 is 1.35 bits per heavy atom. The number of hydrogen-bond acceptors (Lipinski definition) is 5. The molecule has 1 aromatic carbocycles. The van der Waals surface area contributed by atoms with Gasteiger partial charge in [0.1, 0.15) is 13.2 Å². The van der Waals surface area contributed by atoms with E-state index in [-0.39, 0.29) is 6.04 Å². The smallest absolute Gasteiger partial charge is 0.161 e. The highest BCUT2D eigenvalue weighted by atomic mass is 16.6. The Morgan fingerprint density at radius 2 is 2.15 bits per heavy atom. The number of nitrogens with zero attached hydrogens (tertiary/aromatic N) is 1. The minimum absolute atomic E-state index is 0.214. The van der Waals surface area contributed by atoms with E-state index in [4.69, 9.17) is 19.9 Å². The Morgan fingerprint density at radius 3 is 2.85 bits per heavy atom. The topological polar surface area (TPSA) is 57.0 Å². The van der Waals surface area contributed by atoms with E-state index >= 15 is 0 Å². The summed E-state index contributed by atoms with van der Waals surface area (Å²) in [6.07, 6.45) is 1.39. The molecule has 0 spiro atoms. The first kappa shape index (κ1) is 13.7. The molecule has 1 fully saturated rings. The molecule has 0 aromatic heterocycles. The summed E-state index contributed by atoms with van der Waals surface area (Å²) in [6, 6.07) is 6.35. The Labute approximate surface area is 119 Å². The molecule has 2 aliphatic rings. The van der Waals surface area contributed by atoms with Gasteiger partial charge in [0.25, 0.3) is 0 Å². The van der Waals surface area contributed by atoms with E-state index in [9.17, 15) is 0 Å². The van der Waals surface area contributed by atoms with Crippen molar-refractivity contribution in [2.45, 2.75) is 18.6 Å². The van der Waals surface area contributed by atoms with Crippen LogP contribution in [0.15, 0.2) is 18.2 Å². The molecule has 5 heteroatoms. The lowest BCUT2D eigenvalue weighted by Crippen LogP contribution is -2.33. The molecule has 2 unspecified atom stereocenters. The first-order valence-electron chi connectivity index (χ1n) is 7.18. The molecule has 1 saturated heterocycles. The van der Waals surface area contributed by atoms with E-state index in [0.717, 1.165) is 31.0 Å². The fourth-order valence-electron chi connectivity index (χ4n) is 2.99. The third kappa shape index (κ3) is 2.61. The standard InChI is InChI=1S/C15H22N2O3/c1-18-12-4-5-17(10-12)13(9-16)11-2-3-14-15(8-11)20-7-6-19-14/h2-3,8,12-13H,4-7,9-10,16H2,1H3. The van der Waals surface area contributed by atoms with Gasteiger partial charge in [0.15, 0.2) is 11.5 Å². The van der Waals surface area contributed by atoms with Crippen LogP contribution < -0.4 is 15.2 Å². The molecule has 20 heavy (non-hydrogen) atoms. The third-order valence-corrected chi connectivity index (χ3v) is 4.12. The molecule has 3 rings (SSSR count). The Hall–Kier alpha value is -1.30. The molecule has 110 valence electrons. The molecule has 0 bridgehead atoms. The summed E-state index contributed by atoms with van der Waals surface area (Å²) >= 11 is 0. The fourth-order valence-corrected chi connectivity index (χ4v) is 2.99. The highest BCUT2D eigenvalue weighted by molar-refractivity contribution is 5.44. The number of rotatable bonds is 4. The minimum Gasteiger partial charge on any atom is -0.486 e. The molecule has 0 saturated carbocycles. The van der Waals surface area contributed by atoms with Gasteiger partial charge in [-0.25, -0.2) is 0 Å². The largest absolute Gasteiger partial charge is 0.486 e. The molecule has 0 radical (unpaired) electrons. The molecular formula is C15H22N2O3. The molecule has 2 heterocycles. The zero-order chi connectivity index (χ0) is 13.9. The summed E-state index contributed by atoms with van der Waals surface area (Å²) in [4.78, 5) is 2.39. The van der Waals surface area contributed by atoms with E-state index in [1.54, 1.807) is 7.11 Å². The van der Waals surface area contributed by atoms with Gasteiger partial charge in [0.05, 0.1) is 6.10 Å². The van der Waals surface area contributed by atoms with Crippen LogP contribution in [0, 0.1) is 0 Å². The first-order valence-corrected chi connectivity index (χ1v) is 7.18. The van der Waals surface area contributed by atoms with Crippen LogP contribution in [-0.2, 0) is 4.74 Å². The van der Waals surface area contributed by atoms with Crippen molar-refractivity contribution in [1.82, 2.24) is 4.90 Å². The molecule has 0 aliphatic carbocycles. The number of likely N-dealkylation sites (tertiary alicyclic amines) is 1. The molecule has 5 nitrogen and oxygen atoms in total. The maximum atomic E-state index is 5.99. The molecule has 2 atom stereocenters. The normalized spacial score (nSPS) is 23.8. The number of hydrogen-bond donors (Lipinski definition) is 1. The maximum absolute atomic E-state index is 5.99. The lowest BCUT2D eigenvalue weighted by Gasteiger charge is -2.28. The third-order valence-electron chi connectivity index (χ3n) is 4.12. The highest BCUT2D eigenvalue weighted by Gasteiger charge is 2.29. The second kappa shape index (κ2) is 5.99. The predicted octanol–water partition coefficient (Wildman–Crippen LogP) is 1.18. The Bertz CT molecular complexity index is 466. The van der Waals surface area contributed by atoms with Crippen molar-refractivity contribution in [2.75, 3.05) is 40.0 Å². The number of nitrogens with two attached hydrogens (primary N) is 1. The SMILES string of the molecule is COC1CCN(C(CN)c2ccc3c(c2)OCCO3)C1. The summed E-state index contributed by atoms with van der Waals surface area (Å²) in [6.45, 7) is 3.78. The quantitative estimate of drug-likeness (QED) is 0.896. The van der Waals surface area contributed by atoms with Gasteiger partial charge in [-0.2, -0.15) is 0 Å². The van der Waals surface area contributed by atoms with E-state index in [2.05, 4.69) is 17.0 Å².